The SMILES string of the molecule is COc1cc(C=Nn2cnnc2)c(Br)cc1OCc1ccc(Cl)cc1. The Bertz CT molecular complexity index is 867. The van der Waals surface area contributed by atoms with Gasteiger partial charge in [0.2, 0.25) is 0 Å². The number of halogens is 2. The van der Waals surface area contributed by atoms with E-state index in [1.807, 2.05) is 36.4 Å². The quantitative estimate of drug-likeness (QED) is 0.561. The molecule has 1 heterocycles. The van der Waals surface area contributed by atoms with Gasteiger partial charge in [-0.3, -0.25) is 0 Å². The molecule has 3 rings (SSSR count). The summed E-state index contributed by atoms with van der Waals surface area (Å²) in [7, 11) is 1.60. The number of methoxy groups -OCH3 is 1. The third kappa shape index (κ3) is 4.58. The molecule has 0 unspecified atom stereocenters. The highest BCUT2D eigenvalue weighted by molar-refractivity contribution is 9.10. The molecule has 1 aromatic heterocycles. The number of ether oxygens (including phenoxy) is 2. The summed E-state index contributed by atoms with van der Waals surface area (Å²) in [4.78, 5) is 0. The lowest BCUT2D eigenvalue weighted by Crippen LogP contribution is -1.99. The van der Waals surface area contributed by atoms with Crippen LogP contribution in [0, 0.1) is 0 Å². The average molecular weight is 422 g/mol. The summed E-state index contributed by atoms with van der Waals surface area (Å²) < 4.78 is 13.6. The highest BCUT2D eigenvalue weighted by Gasteiger charge is 2.10. The van der Waals surface area contributed by atoms with E-state index in [2.05, 4.69) is 31.2 Å². The van der Waals surface area contributed by atoms with Crippen LogP contribution in [0.1, 0.15) is 11.1 Å². The molecule has 0 amide bonds. The maximum absolute atomic E-state index is 5.89. The summed E-state index contributed by atoms with van der Waals surface area (Å²) in [6, 6.07) is 11.2. The second-order valence-corrected chi connectivity index (χ2v) is 6.32. The third-order valence-electron chi connectivity index (χ3n) is 3.33. The number of hydrogen-bond acceptors (Lipinski definition) is 5. The first-order valence-electron chi connectivity index (χ1n) is 7.29. The van der Waals surface area contributed by atoms with Crippen molar-refractivity contribution in [2.45, 2.75) is 6.61 Å². The molecule has 0 aliphatic rings. The van der Waals surface area contributed by atoms with Crippen LogP contribution in [0.4, 0.5) is 0 Å². The largest absolute Gasteiger partial charge is 0.493 e. The van der Waals surface area contributed by atoms with E-state index in [-0.39, 0.29) is 0 Å². The van der Waals surface area contributed by atoms with Crippen molar-refractivity contribution in [1.29, 1.82) is 0 Å². The van der Waals surface area contributed by atoms with Gasteiger partial charge in [-0.2, -0.15) is 5.10 Å². The number of nitrogens with zero attached hydrogens (tertiary/aromatic N) is 4. The zero-order valence-electron chi connectivity index (χ0n) is 13.3. The Kier molecular flexibility index (Phi) is 5.67. The second-order valence-electron chi connectivity index (χ2n) is 5.03. The Morgan fingerprint density at radius 1 is 1.16 bits per heavy atom. The molecule has 0 fully saturated rings. The number of aromatic nitrogens is 3. The van der Waals surface area contributed by atoms with Crippen LogP contribution in [0.5, 0.6) is 11.5 Å². The van der Waals surface area contributed by atoms with Gasteiger partial charge in [0.25, 0.3) is 0 Å². The van der Waals surface area contributed by atoms with Gasteiger partial charge in [0.15, 0.2) is 11.5 Å². The molecule has 2 aromatic carbocycles. The van der Waals surface area contributed by atoms with Crippen molar-refractivity contribution >= 4 is 33.7 Å². The molecule has 0 aliphatic heterocycles. The highest BCUT2D eigenvalue weighted by Crippen LogP contribution is 2.33. The molecule has 0 saturated carbocycles. The van der Waals surface area contributed by atoms with Crippen molar-refractivity contribution in [3.63, 3.8) is 0 Å². The maximum Gasteiger partial charge on any atom is 0.162 e. The smallest absolute Gasteiger partial charge is 0.162 e. The van der Waals surface area contributed by atoms with Crippen molar-refractivity contribution in [3.05, 3.63) is 69.7 Å². The Labute approximate surface area is 158 Å². The number of rotatable bonds is 6. The van der Waals surface area contributed by atoms with Gasteiger partial charge < -0.3 is 9.47 Å². The summed E-state index contributed by atoms with van der Waals surface area (Å²) in [6.45, 7) is 0.411. The Balaban J connectivity index is 1.78. The van der Waals surface area contributed by atoms with E-state index in [1.54, 1.807) is 13.3 Å². The molecule has 8 heteroatoms. The molecule has 128 valence electrons. The summed E-state index contributed by atoms with van der Waals surface area (Å²) in [5.74, 6) is 1.24. The summed E-state index contributed by atoms with van der Waals surface area (Å²) in [6.07, 6.45) is 4.69. The predicted octanol–water partition coefficient (Wildman–Crippen LogP) is 4.16. The van der Waals surface area contributed by atoms with Crippen molar-refractivity contribution in [1.82, 2.24) is 14.9 Å². The molecule has 0 aliphatic carbocycles. The molecule has 0 atom stereocenters. The number of benzene rings is 2. The fraction of sp³-hybridized carbons (Fsp3) is 0.118. The lowest BCUT2D eigenvalue weighted by atomic mass is 10.2. The van der Waals surface area contributed by atoms with E-state index in [9.17, 15) is 0 Å². The Hall–Kier alpha value is -2.38. The first-order valence-corrected chi connectivity index (χ1v) is 8.46. The van der Waals surface area contributed by atoms with Gasteiger partial charge in [-0.25, -0.2) is 4.68 Å². The van der Waals surface area contributed by atoms with Crippen molar-refractivity contribution < 1.29 is 9.47 Å². The molecular weight excluding hydrogens is 408 g/mol. The maximum atomic E-state index is 5.89. The van der Waals surface area contributed by atoms with Crippen LogP contribution >= 0.6 is 27.5 Å². The van der Waals surface area contributed by atoms with Gasteiger partial charge in [0.1, 0.15) is 19.3 Å². The zero-order valence-corrected chi connectivity index (χ0v) is 15.6. The van der Waals surface area contributed by atoms with E-state index >= 15 is 0 Å². The van der Waals surface area contributed by atoms with E-state index in [4.69, 9.17) is 21.1 Å². The van der Waals surface area contributed by atoms with Gasteiger partial charge in [0, 0.05) is 15.1 Å². The van der Waals surface area contributed by atoms with E-state index < -0.39 is 0 Å². The molecule has 0 N–H and O–H groups in total. The van der Waals surface area contributed by atoms with Crippen molar-refractivity contribution in [2.75, 3.05) is 7.11 Å². The topological polar surface area (TPSA) is 61.5 Å². The van der Waals surface area contributed by atoms with Crippen LogP contribution < -0.4 is 9.47 Å². The summed E-state index contributed by atoms with van der Waals surface area (Å²) in [5.41, 5.74) is 1.85. The van der Waals surface area contributed by atoms with Gasteiger partial charge in [-0.1, -0.05) is 23.7 Å². The van der Waals surface area contributed by atoms with Gasteiger partial charge in [-0.05, 0) is 45.8 Å². The van der Waals surface area contributed by atoms with Crippen LogP contribution in [0.3, 0.4) is 0 Å². The molecule has 0 spiro atoms. The molecule has 3 aromatic rings. The molecule has 6 nitrogen and oxygen atoms in total. The monoisotopic (exact) mass is 420 g/mol. The normalized spacial score (nSPS) is 11.0. The first kappa shape index (κ1) is 17.4. The molecule has 25 heavy (non-hydrogen) atoms. The summed E-state index contributed by atoms with van der Waals surface area (Å²) in [5, 5.41) is 12.3. The lowest BCUT2D eigenvalue weighted by Gasteiger charge is -2.12. The van der Waals surface area contributed by atoms with Gasteiger partial charge in [0.05, 0.1) is 13.3 Å². The Morgan fingerprint density at radius 3 is 2.56 bits per heavy atom. The molecule has 0 saturated heterocycles. The van der Waals surface area contributed by atoms with Gasteiger partial charge in [-0.15, -0.1) is 10.2 Å². The average Bonchev–Trinajstić information content (AvgIpc) is 3.14. The van der Waals surface area contributed by atoms with E-state index in [0.29, 0.717) is 23.1 Å². The molecule has 0 radical (unpaired) electrons. The van der Waals surface area contributed by atoms with Crippen molar-refractivity contribution in [3.8, 4) is 11.5 Å². The second kappa shape index (κ2) is 8.13. The summed E-state index contributed by atoms with van der Waals surface area (Å²) >= 11 is 9.42. The minimum atomic E-state index is 0.411. The first-order chi connectivity index (χ1) is 12.2. The van der Waals surface area contributed by atoms with E-state index in [1.165, 1.54) is 17.3 Å². The standard InChI is InChI=1S/C17H14BrClN4O2/c1-24-16-6-13(8-22-23-10-20-21-11-23)15(18)7-17(16)25-9-12-2-4-14(19)5-3-12/h2-8,10-11H,9H2,1H3. The Morgan fingerprint density at radius 2 is 1.88 bits per heavy atom. The molecule has 0 bridgehead atoms. The van der Waals surface area contributed by atoms with E-state index in [0.717, 1.165) is 15.6 Å². The van der Waals surface area contributed by atoms with Gasteiger partial charge >= 0.3 is 0 Å². The fourth-order valence-corrected chi connectivity index (χ4v) is 2.60. The minimum absolute atomic E-state index is 0.411. The zero-order chi connectivity index (χ0) is 17.6. The van der Waals surface area contributed by atoms with Crippen LogP contribution in [-0.4, -0.2) is 28.2 Å². The fourth-order valence-electron chi connectivity index (χ4n) is 2.05. The van der Waals surface area contributed by atoms with Crippen LogP contribution in [0.25, 0.3) is 0 Å². The third-order valence-corrected chi connectivity index (χ3v) is 4.27. The minimum Gasteiger partial charge on any atom is -0.493 e. The van der Waals surface area contributed by atoms with Crippen LogP contribution in [-0.2, 0) is 6.61 Å². The van der Waals surface area contributed by atoms with Crippen molar-refractivity contribution in [2.24, 2.45) is 5.10 Å². The van der Waals surface area contributed by atoms with Crippen LogP contribution in [0.15, 0.2) is 58.6 Å². The molecular formula is C17H14BrClN4O2. The lowest BCUT2D eigenvalue weighted by molar-refractivity contribution is 0.284. The highest BCUT2D eigenvalue weighted by atomic mass is 79.9. The predicted molar refractivity (Wildman–Crippen MR) is 99.5 cm³/mol. The van der Waals surface area contributed by atoms with Crippen LogP contribution in [0.2, 0.25) is 5.02 Å². The number of hydrogen-bond donors (Lipinski definition) is 0.